The van der Waals surface area contributed by atoms with E-state index in [4.69, 9.17) is 0 Å². The number of rotatable bonds is 7. The lowest BCUT2D eigenvalue weighted by atomic mass is 9.71. The van der Waals surface area contributed by atoms with Crippen molar-refractivity contribution in [3.8, 4) is 11.4 Å². The predicted octanol–water partition coefficient (Wildman–Crippen LogP) is 4.07. The van der Waals surface area contributed by atoms with Crippen molar-refractivity contribution < 1.29 is 9.59 Å². The summed E-state index contributed by atoms with van der Waals surface area (Å²) in [6.07, 6.45) is 4.99. The molecule has 3 heterocycles. The zero-order valence-electron chi connectivity index (χ0n) is 22.4. The fourth-order valence-corrected chi connectivity index (χ4v) is 5.94. The highest BCUT2D eigenvalue weighted by atomic mass is 16.2. The van der Waals surface area contributed by atoms with Gasteiger partial charge in [0.1, 0.15) is 12.0 Å². The van der Waals surface area contributed by atoms with Gasteiger partial charge in [-0.1, -0.05) is 36.4 Å². The average Bonchev–Trinajstić information content (AvgIpc) is 3.53. The number of fused-ring (bicyclic) bond motifs is 2. The summed E-state index contributed by atoms with van der Waals surface area (Å²) in [5, 5.41) is 10.0. The van der Waals surface area contributed by atoms with Gasteiger partial charge in [-0.15, -0.1) is 0 Å². The van der Waals surface area contributed by atoms with Crippen LogP contribution in [0.15, 0.2) is 67.0 Å². The number of aryl methyl sites for hydroxylation is 1. The molecule has 2 aliphatic rings. The van der Waals surface area contributed by atoms with Crippen LogP contribution in [0.25, 0.3) is 11.4 Å². The van der Waals surface area contributed by atoms with Gasteiger partial charge < -0.3 is 15.2 Å². The Morgan fingerprint density at radius 3 is 2.33 bits per heavy atom. The van der Waals surface area contributed by atoms with E-state index in [0.29, 0.717) is 6.54 Å². The third kappa shape index (κ3) is 4.74. The maximum absolute atomic E-state index is 13.2. The second-order valence-corrected chi connectivity index (χ2v) is 10.5. The van der Waals surface area contributed by atoms with Gasteiger partial charge in [-0.2, -0.15) is 5.10 Å². The smallest absolute Gasteiger partial charge is 0.268 e. The monoisotopic (exact) mass is 523 g/mol. The van der Waals surface area contributed by atoms with Crippen LogP contribution >= 0.6 is 0 Å². The number of hydrogen-bond donors (Lipinski definition) is 2. The van der Waals surface area contributed by atoms with Gasteiger partial charge in [-0.05, 0) is 54.7 Å². The van der Waals surface area contributed by atoms with Gasteiger partial charge in [0.2, 0.25) is 5.91 Å². The van der Waals surface area contributed by atoms with Gasteiger partial charge in [0, 0.05) is 57.1 Å². The van der Waals surface area contributed by atoms with Crippen LogP contribution in [-0.4, -0.2) is 42.6 Å². The Bertz CT molecular complexity index is 1500. The number of hydrogen-bond acceptors (Lipinski definition) is 5. The molecule has 1 spiro atoms. The summed E-state index contributed by atoms with van der Waals surface area (Å²) in [5.74, 6) is 0.697. The molecule has 0 unspecified atom stereocenters. The average molecular weight is 524 g/mol. The fraction of sp³-hybridized carbons (Fsp3) is 0.333. The van der Waals surface area contributed by atoms with E-state index in [9.17, 15) is 9.59 Å². The first-order chi connectivity index (χ1) is 18.9. The van der Waals surface area contributed by atoms with E-state index in [1.165, 1.54) is 24.6 Å². The maximum Gasteiger partial charge on any atom is 0.268 e. The third-order valence-electron chi connectivity index (χ3n) is 8.09. The van der Waals surface area contributed by atoms with Crippen LogP contribution in [0.5, 0.6) is 0 Å². The number of anilines is 1. The zero-order chi connectivity index (χ0) is 27.0. The van der Waals surface area contributed by atoms with Crippen molar-refractivity contribution in [1.82, 2.24) is 29.5 Å². The highest BCUT2D eigenvalue weighted by molar-refractivity contribution is 5.93. The normalized spacial score (nSPS) is 15.9. The van der Waals surface area contributed by atoms with Crippen molar-refractivity contribution in [2.24, 2.45) is 7.05 Å². The molecule has 2 amide bonds. The van der Waals surface area contributed by atoms with Crippen molar-refractivity contribution in [1.29, 1.82) is 0 Å². The molecule has 0 radical (unpaired) electrons. The molecule has 6 rings (SSSR count). The van der Waals surface area contributed by atoms with E-state index < -0.39 is 0 Å². The second-order valence-electron chi connectivity index (χ2n) is 10.5. The molecule has 0 atom stereocenters. The molecule has 0 bridgehead atoms. The molecule has 2 aromatic carbocycles. The summed E-state index contributed by atoms with van der Waals surface area (Å²) < 4.78 is 4.01. The molecule has 200 valence electrons. The van der Waals surface area contributed by atoms with Crippen LogP contribution in [0.2, 0.25) is 0 Å². The minimum atomic E-state index is -0.104. The molecule has 39 heavy (non-hydrogen) atoms. The van der Waals surface area contributed by atoms with Gasteiger partial charge in [0.15, 0.2) is 5.82 Å². The summed E-state index contributed by atoms with van der Waals surface area (Å²) in [4.78, 5) is 31.4. The molecule has 1 aliphatic carbocycles. The Morgan fingerprint density at radius 2 is 1.69 bits per heavy atom. The van der Waals surface area contributed by atoms with Gasteiger partial charge in [-0.25, -0.2) is 9.67 Å². The van der Waals surface area contributed by atoms with Gasteiger partial charge in [0.25, 0.3) is 5.91 Å². The molecule has 4 aromatic rings. The summed E-state index contributed by atoms with van der Waals surface area (Å²) in [6.45, 7) is 4.48. The van der Waals surface area contributed by atoms with Crippen LogP contribution in [0.3, 0.4) is 0 Å². The van der Waals surface area contributed by atoms with E-state index in [0.717, 1.165) is 60.8 Å². The zero-order valence-corrected chi connectivity index (χ0v) is 22.4. The summed E-state index contributed by atoms with van der Waals surface area (Å²) >= 11 is 0. The first-order valence-corrected chi connectivity index (χ1v) is 13.5. The largest absolute Gasteiger partial charge is 0.347 e. The molecule has 0 saturated heterocycles. The third-order valence-corrected chi connectivity index (χ3v) is 8.09. The van der Waals surface area contributed by atoms with Crippen LogP contribution in [0.1, 0.15) is 53.5 Å². The number of benzene rings is 2. The molecule has 1 aliphatic heterocycles. The number of nitrogens with zero attached hydrogens (tertiary/aromatic N) is 5. The highest BCUT2D eigenvalue weighted by Crippen LogP contribution is 2.49. The molecule has 9 nitrogen and oxygen atoms in total. The molecule has 9 heteroatoms. The predicted molar refractivity (Wildman–Crippen MR) is 149 cm³/mol. The van der Waals surface area contributed by atoms with Crippen molar-refractivity contribution in [2.75, 3.05) is 11.9 Å². The second kappa shape index (κ2) is 10.1. The van der Waals surface area contributed by atoms with Crippen LogP contribution in [0, 0.1) is 0 Å². The lowest BCUT2D eigenvalue weighted by molar-refractivity contribution is -0.114. The Hall–Kier alpha value is -4.24. The van der Waals surface area contributed by atoms with Crippen LogP contribution < -0.4 is 10.6 Å². The van der Waals surface area contributed by atoms with Crippen molar-refractivity contribution in [3.05, 3.63) is 89.5 Å². The molecule has 1 fully saturated rings. The SMILES string of the molecule is CC(=O)Nc1ccc(CNC(=O)c2ccc3n2CCN(Cc2ccc(-c4ncnn4C)cc2)C32CCC2)cc1. The Balaban J connectivity index is 1.14. The standard InChI is InChI=1S/C30H33N7O2/c1-21(38)34-25-10-6-22(7-11-25)18-31-29(39)26-12-13-27-30(14-3-15-30)36(16-17-37(26)27)19-23-4-8-24(9-5-23)28-32-20-33-35(28)2/h4-13,20H,3,14-19H2,1-2H3,(H,31,39)(H,34,38). The van der Waals surface area contributed by atoms with Gasteiger partial charge in [0.05, 0.1) is 5.54 Å². The van der Waals surface area contributed by atoms with Crippen molar-refractivity contribution >= 4 is 17.5 Å². The minimum absolute atomic E-state index is 0.0153. The molecule has 2 aromatic heterocycles. The molecule has 1 saturated carbocycles. The number of nitrogens with one attached hydrogen (secondary N) is 2. The van der Waals surface area contributed by atoms with Crippen LogP contribution in [0.4, 0.5) is 5.69 Å². The van der Waals surface area contributed by atoms with Crippen molar-refractivity contribution in [3.63, 3.8) is 0 Å². The van der Waals surface area contributed by atoms with Gasteiger partial charge in [-0.3, -0.25) is 14.5 Å². The number of carbonyl (C=O) groups is 2. The minimum Gasteiger partial charge on any atom is -0.347 e. The summed E-state index contributed by atoms with van der Waals surface area (Å²) in [5.41, 5.74) is 6.01. The van der Waals surface area contributed by atoms with Crippen molar-refractivity contribution in [2.45, 2.75) is 51.4 Å². The lowest BCUT2D eigenvalue weighted by Crippen LogP contribution is -2.56. The molecule has 2 N–H and O–H groups in total. The number of carbonyl (C=O) groups excluding carboxylic acids is 2. The highest BCUT2D eigenvalue weighted by Gasteiger charge is 2.48. The quantitative estimate of drug-likeness (QED) is 0.381. The summed E-state index contributed by atoms with van der Waals surface area (Å²) in [6, 6.07) is 20.3. The number of amides is 2. The fourth-order valence-electron chi connectivity index (χ4n) is 5.94. The first kappa shape index (κ1) is 25.1. The molecular weight excluding hydrogens is 490 g/mol. The van der Waals surface area contributed by atoms with E-state index >= 15 is 0 Å². The van der Waals surface area contributed by atoms with Gasteiger partial charge >= 0.3 is 0 Å². The van der Waals surface area contributed by atoms with Crippen LogP contribution in [-0.2, 0) is 37.0 Å². The Morgan fingerprint density at radius 1 is 0.949 bits per heavy atom. The lowest BCUT2D eigenvalue weighted by Gasteiger charge is -2.53. The first-order valence-electron chi connectivity index (χ1n) is 13.5. The van der Waals surface area contributed by atoms with E-state index in [1.54, 1.807) is 11.0 Å². The summed E-state index contributed by atoms with van der Waals surface area (Å²) in [7, 11) is 1.90. The Kier molecular flexibility index (Phi) is 6.52. The Labute approximate surface area is 227 Å². The topological polar surface area (TPSA) is 97.1 Å². The number of aromatic nitrogens is 4. The maximum atomic E-state index is 13.2. The van der Waals surface area contributed by atoms with E-state index in [1.807, 2.05) is 37.4 Å². The molecular formula is C30H33N7O2. The van der Waals surface area contributed by atoms with E-state index in [2.05, 4.69) is 60.5 Å². The van der Waals surface area contributed by atoms with E-state index in [-0.39, 0.29) is 17.4 Å².